The molecule has 1 atom stereocenters. The number of hydrogen-bond donors (Lipinski definition) is 2. The first-order valence-corrected chi connectivity index (χ1v) is 7.05. The highest BCUT2D eigenvalue weighted by molar-refractivity contribution is 7.80. The molecule has 21 heavy (non-hydrogen) atoms. The Morgan fingerprint density at radius 2 is 2.05 bits per heavy atom. The molecule has 0 aliphatic rings. The highest BCUT2D eigenvalue weighted by atomic mass is 32.1. The Morgan fingerprint density at radius 3 is 2.62 bits per heavy atom. The molecule has 1 unspecified atom stereocenters. The van der Waals surface area contributed by atoms with Crippen LogP contribution in [0.5, 0.6) is 0 Å². The van der Waals surface area contributed by atoms with Gasteiger partial charge in [-0.25, -0.2) is 0 Å². The van der Waals surface area contributed by atoms with Gasteiger partial charge in [-0.2, -0.15) is 0 Å². The third-order valence-corrected chi connectivity index (χ3v) is 3.40. The van der Waals surface area contributed by atoms with Crippen LogP contribution in [0.25, 0.3) is 0 Å². The summed E-state index contributed by atoms with van der Waals surface area (Å²) in [6.45, 7) is 1.94. The Kier molecular flexibility index (Phi) is 5.00. The Labute approximate surface area is 129 Å². The van der Waals surface area contributed by atoms with Gasteiger partial charge in [0.05, 0.1) is 12.5 Å². The number of carbonyl (C=O) groups is 1. The number of thiocarbonyl (C=S) groups is 1. The van der Waals surface area contributed by atoms with Gasteiger partial charge < -0.3 is 11.1 Å². The number of rotatable bonds is 5. The van der Waals surface area contributed by atoms with Crippen molar-refractivity contribution in [2.75, 3.05) is 0 Å². The summed E-state index contributed by atoms with van der Waals surface area (Å²) < 4.78 is 0. The molecule has 1 amide bonds. The summed E-state index contributed by atoms with van der Waals surface area (Å²) >= 11 is 4.90. The molecule has 4 nitrogen and oxygen atoms in total. The van der Waals surface area contributed by atoms with Crippen molar-refractivity contribution in [2.45, 2.75) is 19.4 Å². The zero-order valence-corrected chi connectivity index (χ0v) is 12.6. The zero-order chi connectivity index (χ0) is 15.2. The lowest BCUT2D eigenvalue weighted by molar-refractivity contribution is -0.121. The summed E-state index contributed by atoms with van der Waals surface area (Å²) in [6.07, 6.45) is 3.78. The minimum Gasteiger partial charge on any atom is -0.389 e. The summed E-state index contributed by atoms with van der Waals surface area (Å²) in [6, 6.07) is 11.1. The van der Waals surface area contributed by atoms with E-state index in [-0.39, 0.29) is 11.9 Å². The van der Waals surface area contributed by atoms with Crippen LogP contribution >= 0.6 is 12.2 Å². The first kappa shape index (κ1) is 15.1. The van der Waals surface area contributed by atoms with E-state index in [0.29, 0.717) is 11.4 Å². The van der Waals surface area contributed by atoms with Crippen LogP contribution in [0, 0.1) is 0 Å². The van der Waals surface area contributed by atoms with Crippen molar-refractivity contribution >= 4 is 23.1 Å². The van der Waals surface area contributed by atoms with Crippen LogP contribution in [0.15, 0.2) is 48.8 Å². The Morgan fingerprint density at radius 1 is 1.33 bits per heavy atom. The van der Waals surface area contributed by atoms with Crippen LogP contribution in [0.3, 0.4) is 0 Å². The zero-order valence-electron chi connectivity index (χ0n) is 11.7. The summed E-state index contributed by atoms with van der Waals surface area (Å²) in [4.78, 5) is 16.4. The van der Waals surface area contributed by atoms with Crippen molar-refractivity contribution in [3.05, 3.63) is 65.5 Å². The topological polar surface area (TPSA) is 68.0 Å². The highest BCUT2D eigenvalue weighted by Gasteiger charge is 2.10. The smallest absolute Gasteiger partial charge is 0.224 e. The van der Waals surface area contributed by atoms with Crippen molar-refractivity contribution in [2.24, 2.45) is 5.73 Å². The van der Waals surface area contributed by atoms with Crippen LogP contribution in [-0.2, 0) is 11.2 Å². The molecule has 0 radical (unpaired) electrons. The van der Waals surface area contributed by atoms with Crippen LogP contribution in [0.4, 0.5) is 0 Å². The molecule has 1 aromatic carbocycles. The molecule has 1 heterocycles. The molecule has 0 fully saturated rings. The van der Waals surface area contributed by atoms with E-state index in [2.05, 4.69) is 10.3 Å². The van der Waals surface area contributed by atoms with Gasteiger partial charge in [-0.3, -0.25) is 9.78 Å². The number of pyridine rings is 1. The monoisotopic (exact) mass is 299 g/mol. The quantitative estimate of drug-likeness (QED) is 0.830. The van der Waals surface area contributed by atoms with Crippen molar-refractivity contribution in [1.82, 2.24) is 10.3 Å². The SMILES string of the molecule is CC(NC(=O)Cc1ccc(C(N)=S)cc1)c1cccnc1. The van der Waals surface area contributed by atoms with Crippen molar-refractivity contribution in [3.63, 3.8) is 0 Å². The molecule has 0 saturated heterocycles. The third kappa shape index (κ3) is 4.36. The standard InChI is InChI=1S/C16H17N3OS/c1-11(14-3-2-8-18-10-14)19-15(20)9-12-4-6-13(7-5-12)16(17)21/h2-8,10-11H,9H2,1H3,(H2,17,21)(H,19,20). The predicted octanol–water partition coefficient (Wildman–Crippen LogP) is 2.14. The molecule has 2 aromatic rings. The van der Waals surface area contributed by atoms with E-state index in [9.17, 15) is 4.79 Å². The average Bonchev–Trinajstić information content (AvgIpc) is 2.48. The van der Waals surface area contributed by atoms with Crippen molar-refractivity contribution < 1.29 is 4.79 Å². The van der Waals surface area contributed by atoms with Gasteiger partial charge >= 0.3 is 0 Å². The number of nitrogens with two attached hydrogens (primary N) is 1. The Hall–Kier alpha value is -2.27. The van der Waals surface area contributed by atoms with Crippen LogP contribution in [0.2, 0.25) is 0 Å². The number of amides is 1. The van der Waals surface area contributed by atoms with Crippen molar-refractivity contribution in [3.8, 4) is 0 Å². The van der Waals surface area contributed by atoms with Gasteiger partial charge in [0.2, 0.25) is 5.91 Å². The van der Waals surface area contributed by atoms with Gasteiger partial charge in [-0.15, -0.1) is 0 Å². The number of carbonyl (C=O) groups excluding carboxylic acids is 1. The van der Waals surface area contributed by atoms with Gasteiger partial charge in [0.1, 0.15) is 4.99 Å². The Balaban J connectivity index is 1.94. The van der Waals surface area contributed by atoms with Gasteiger partial charge in [-0.05, 0) is 24.1 Å². The maximum atomic E-state index is 12.0. The lowest BCUT2D eigenvalue weighted by Gasteiger charge is -2.14. The average molecular weight is 299 g/mol. The van der Waals surface area contributed by atoms with E-state index >= 15 is 0 Å². The van der Waals surface area contributed by atoms with Crippen LogP contribution < -0.4 is 11.1 Å². The van der Waals surface area contributed by atoms with E-state index in [1.165, 1.54) is 0 Å². The molecular weight excluding hydrogens is 282 g/mol. The summed E-state index contributed by atoms with van der Waals surface area (Å²) in [5, 5.41) is 2.95. The van der Waals surface area contributed by atoms with E-state index in [1.807, 2.05) is 43.3 Å². The molecular formula is C16H17N3OS. The fourth-order valence-corrected chi connectivity index (χ4v) is 2.12. The maximum absolute atomic E-state index is 12.0. The fraction of sp³-hybridized carbons (Fsp3) is 0.188. The molecule has 0 aliphatic carbocycles. The summed E-state index contributed by atoms with van der Waals surface area (Å²) in [5.74, 6) is -0.0329. The molecule has 108 valence electrons. The number of aromatic nitrogens is 1. The van der Waals surface area contributed by atoms with Gasteiger partial charge in [0, 0.05) is 18.0 Å². The van der Waals surface area contributed by atoms with E-state index < -0.39 is 0 Å². The molecule has 1 aromatic heterocycles. The molecule has 0 aliphatic heterocycles. The normalized spacial score (nSPS) is 11.7. The second-order valence-corrected chi connectivity index (χ2v) is 5.25. The van der Waals surface area contributed by atoms with E-state index in [4.69, 9.17) is 18.0 Å². The number of hydrogen-bond acceptors (Lipinski definition) is 3. The summed E-state index contributed by atoms with van der Waals surface area (Å²) in [5.41, 5.74) is 8.25. The largest absolute Gasteiger partial charge is 0.389 e. The lowest BCUT2D eigenvalue weighted by atomic mass is 10.1. The molecule has 0 spiro atoms. The first-order valence-electron chi connectivity index (χ1n) is 6.64. The number of nitrogens with zero attached hydrogens (tertiary/aromatic N) is 1. The second-order valence-electron chi connectivity index (χ2n) is 4.81. The summed E-state index contributed by atoms with van der Waals surface area (Å²) in [7, 11) is 0. The molecule has 0 bridgehead atoms. The maximum Gasteiger partial charge on any atom is 0.224 e. The van der Waals surface area contributed by atoms with Crippen molar-refractivity contribution in [1.29, 1.82) is 0 Å². The minimum absolute atomic E-state index is 0.0329. The second kappa shape index (κ2) is 6.95. The number of benzene rings is 1. The van der Waals surface area contributed by atoms with E-state index in [0.717, 1.165) is 16.7 Å². The van der Waals surface area contributed by atoms with Crippen LogP contribution in [-0.4, -0.2) is 15.9 Å². The minimum atomic E-state index is -0.0675. The molecule has 3 N–H and O–H groups in total. The fourth-order valence-electron chi connectivity index (χ4n) is 1.98. The Bertz CT molecular complexity index is 626. The molecule has 0 saturated carbocycles. The first-order chi connectivity index (χ1) is 10.1. The third-order valence-electron chi connectivity index (χ3n) is 3.17. The van der Waals surface area contributed by atoms with Gasteiger partial charge in [0.25, 0.3) is 0 Å². The lowest BCUT2D eigenvalue weighted by Crippen LogP contribution is -2.28. The van der Waals surface area contributed by atoms with Gasteiger partial charge in [-0.1, -0.05) is 42.5 Å². The number of nitrogens with one attached hydrogen (secondary N) is 1. The highest BCUT2D eigenvalue weighted by Crippen LogP contribution is 2.11. The van der Waals surface area contributed by atoms with E-state index in [1.54, 1.807) is 12.4 Å². The van der Waals surface area contributed by atoms with Gasteiger partial charge in [0.15, 0.2) is 0 Å². The molecule has 5 heteroatoms. The predicted molar refractivity (Wildman–Crippen MR) is 86.8 cm³/mol. The van der Waals surface area contributed by atoms with Crippen LogP contribution in [0.1, 0.15) is 29.7 Å². The molecule has 2 rings (SSSR count).